The van der Waals surface area contributed by atoms with Gasteiger partial charge in [0.25, 0.3) is 0 Å². The fraction of sp³-hybridized carbons (Fsp3) is 0.367. The molecule has 5 aromatic rings. The zero-order valence-corrected chi connectivity index (χ0v) is 25.9. The third-order valence-corrected chi connectivity index (χ3v) is 8.79. The average molecular weight is 602 g/mol. The van der Waals surface area contributed by atoms with E-state index in [4.69, 9.17) is 14.7 Å². The molecule has 1 saturated heterocycles. The van der Waals surface area contributed by atoms with E-state index in [1.807, 2.05) is 51.6 Å². The van der Waals surface area contributed by atoms with Crippen LogP contribution in [0.25, 0.3) is 22.4 Å². The first-order chi connectivity index (χ1) is 20.5. The van der Waals surface area contributed by atoms with Gasteiger partial charge in [-0.05, 0) is 64.7 Å². The third-order valence-electron chi connectivity index (χ3n) is 7.65. The van der Waals surface area contributed by atoms with Crippen LogP contribution < -0.4 is 10.6 Å². The molecule has 2 N–H and O–H groups in total. The summed E-state index contributed by atoms with van der Waals surface area (Å²) in [6.07, 6.45) is 7.49. The average Bonchev–Trinajstić information content (AvgIpc) is 3.48. The van der Waals surface area contributed by atoms with Crippen molar-refractivity contribution in [3.63, 3.8) is 0 Å². The normalized spacial score (nSPS) is 15.6. The van der Waals surface area contributed by atoms with E-state index in [1.54, 1.807) is 29.1 Å². The summed E-state index contributed by atoms with van der Waals surface area (Å²) < 4.78 is 36.0. The van der Waals surface area contributed by atoms with E-state index >= 15 is 0 Å². The highest BCUT2D eigenvalue weighted by molar-refractivity contribution is 7.90. The highest BCUT2D eigenvalue weighted by atomic mass is 32.2. The van der Waals surface area contributed by atoms with Crippen molar-refractivity contribution in [3.8, 4) is 11.3 Å². The van der Waals surface area contributed by atoms with Gasteiger partial charge >= 0.3 is 0 Å². The number of nitrogens with one attached hydrogen (secondary N) is 2. The molecule has 224 valence electrons. The van der Waals surface area contributed by atoms with E-state index in [0.29, 0.717) is 46.3 Å². The molecule has 5 heterocycles. The molecule has 0 amide bonds. The van der Waals surface area contributed by atoms with E-state index in [1.165, 1.54) is 6.26 Å². The summed E-state index contributed by atoms with van der Waals surface area (Å²) in [5, 5.41) is 11.2. The van der Waals surface area contributed by atoms with Gasteiger partial charge in [-0.25, -0.2) is 23.4 Å². The number of pyridine rings is 1. The number of hydrogen-bond donors (Lipinski definition) is 2. The fourth-order valence-corrected chi connectivity index (χ4v) is 6.31. The first-order valence-electron chi connectivity index (χ1n) is 14.2. The van der Waals surface area contributed by atoms with Crippen molar-refractivity contribution in [1.82, 2.24) is 34.3 Å². The fourth-order valence-electron chi connectivity index (χ4n) is 5.45. The van der Waals surface area contributed by atoms with E-state index in [2.05, 4.69) is 25.7 Å². The minimum absolute atomic E-state index is 0.154. The number of aryl methyl sites for hydroxylation is 5. The first kappa shape index (κ1) is 28.7. The molecule has 1 unspecified atom stereocenters. The Morgan fingerprint density at radius 2 is 1.77 bits per heavy atom. The molecule has 1 atom stereocenters. The second-order valence-electron chi connectivity index (χ2n) is 11.1. The molecule has 0 radical (unpaired) electrons. The van der Waals surface area contributed by atoms with Crippen molar-refractivity contribution in [2.45, 2.75) is 58.1 Å². The molecule has 13 heteroatoms. The van der Waals surface area contributed by atoms with Crippen molar-refractivity contribution >= 4 is 44.0 Å². The number of benzene rings is 1. The number of fused-ring (bicyclic) bond motifs is 1. The summed E-state index contributed by atoms with van der Waals surface area (Å²) >= 11 is 0. The predicted octanol–water partition coefficient (Wildman–Crippen LogP) is 5.45. The van der Waals surface area contributed by atoms with Crippen LogP contribution in [-0.2, 0) is 21.6 Å². The van der Waals surface area contributed by atoms with E-state index in [-0.39, 0.29) is 11.1 Å². The zero-order valence-electron chi connectivity index (χ0n) is 25.1. The number of anilines is 4. The van der Waals surface area contributed by atoms with E-state index in [9.17, 15) is 8.42 Å². The zero-order chi connectivity index (χ0) is 30.5. The molecule has 0 bridgehead atoms. The van der Waals surface area contributed by atoms with Crippen LogP contribution in [-0.4, -0.2) is 55.6 Å². The Kier molecular flexibility index (Phi) is 7.38. The molecule has 0 spiro atoms. The van der Waals surface area contributed by atoms with E-state index < -0.39 is 9.84 Å². The molecule has 0 aliphatic carbocycles. The van der Waals surface area contributed by atoms with Gasteiger partial charge in [0.1, 0.15) is 29.2 Å². The van der Waals surface area contributed by atoms with Gasteiger partial charge in [-0.1, -0.05) is 6.07 Å². The molecule has 43 heavy (non-hydrogen) atoms. The van der Waals surface area contributed by atoms with Crippen LogP contribution in [0.4, 0.5) is 23.0 Å². The quantitative estimate of drug-likeness (QED) is 0.247. The number of ether oxygens (including phenoxy) is 1. The lowest BCUT2D eigenvalue weighted by Crippen LogP contribution is -2.19. The SMILES string of the molecule is Cc1cn(C)nc1-c1ccc(Nc2cc(Nc3cnc(C)c(C)n3)nc3c2nc(C)n3C2CCCCO2)c(S(C)(=O)=O)c1. The van der Waals surface area contributed by atoms with Crippen molar-refractivity contribution in [1.29, 1.82) is 0 Å². The van der Waals surface area contributed by atoms with Crippen molar-refractivity contribution in [2.75, 3.05) is 23.5 Å². The Balaban J connectivity index is 1.49. The highest BCUT2D eigenvalue weighted by Gasteiger charge is 2.25. The minimum atomic E-state index is -3.62. The third kappa shape index (κ3) is 5.69. The van der Waals surface area contributed by atoms with E-state index in [0.717, 1.165) is 47.7 Å². The Hall–Kier alpha value is -4.36. The van der Waals surface area contributed by atoms with Crippen molar-refractivity contribution in [3.05, 3.63) is 59.4 Å². The summed E-state index contributed by atoms with van der Waals surface area (Å²) in [6, 6.07) is 7.10. The standard InChI is InChI=1S/C30H35N9O3S/c1-17-16-38(5)37-28(17)21-10-11-22(24(13-21)43(6,40)41)34-23-14-25(35-26-15-31-18(2)19(3)32-26)36-30-29(23)33-20(4)39(30)27-9-7-8-12-42-27/h10-11,13-16,27H,7-9,12H2,1-6H3,(H2,32,34,35,36). The highest BCUT2D eigenvalue weighted by Crippen LogP contribution is 2.36. The largest absolute Gasteiger partial charge is 0.358 e. The second-order valence-corrected chi connectivity index (χ2v) is 13.1. The summed E-state index contributed by atoms with van der Waals surface area (Å²) in [7, 11) is -1.78. The number of aromatic nitrogens is 7. The Bertz CT molecular complexity index is 1960. The van der Waals surface area contributed by atoms with Crippen molar-refractivity contribution < 1.29 is 13.2 Å². The second kappa shape index (κ2) is 11.0. The Morgan fingerprint density at radius 1 is 0.953 bits per heavy atom. The number of rotatable bonds is 7. The molecule has 6 rings (SSSR count). The Labute approximate surface area is 250 Å². The van der Waals surface area contributed by atoms with Crippen LogP contribution in [0.3, 0.4) is 0 Å². The molecule has 12 nitrogen and oxygen atoms in total. The maximum atomic E-state index is 13.1. The molecule has 1 aromatic carbocycles. The summed E-state index contributed by atoms with van der Waals surface area (Å²) in [6.45, 7) is 8.36. The molecular formula is C30H35N9O3S. The molecule has 1 fully saturated rings. The molecule has 1 aliphatic rings. The van der Waals surface area contributed by atoms with Crippen LogP contribution in [0.15, 0.2) is 41.6 Å². The topological polar surface area (TPSA) is 142 Å². The van der Waals surface area contributed by atoms with Crippen LogP contribution in [0.5, 0.6) is 0 Å². The lowest BCUT2D eigenvalue weighted by atomic mass is 10.1. The number of hydrogen-bond acceptors (Lipinski definition) is 10. The molecular weight excluding hydrogens is 566 g/mol. The summed E-state index contributed by atoms with van der Waals surface area (Å²) in [5.41, 5.74) is 6.29. The van der Waals surface area contributed by atoms with Gasteiger partial charge in [0.15, 0.2) is 15.5 Å². The minimum Gasteiger partial charge on any atom is -0.358 e. The number of imidazole rings is 1. The van der Waals surface area contributed by atoms with Crippen molar-refractivity contribution in [2.24, 2.45) is 7.05 Å². The summed E-state index contributed by atoms with van der Waals surface area (Å²) in [4.78, 5) is 19.0. The van der Waals surface area contributed by atoms with Gasteiger partial charge in [-0.2, -0.15) is 5.10 Å². The van der Waals surface area contributed by atoms with Gasteiger partial charge < -0.3 is 15.4 Å². The van der Waals surface area contributed by atoms with Crippen LogP contribution in [0, 0.1) is 27.7 Å². The summed E-state index contributed by atoms with van der Waals surface area (Å²) in [5.74, 6) is 1.81. The maximum absolute atomic E-state index is 13.1. The lowest BCUT2D eigenvalue weighted by Gasteiger charge is -2.25. The predicted molar refractivity (Wildman–Crippen MR) is 166 cm³/mol. The van der Waals surface area contributed by atoms with Gasteiger partial charge in [0, 0.05) is 37.7 Å². The van der Waals surface area contributed by atoms with Gasteiger partial charge in [-0.3, -0.25) is 14.2 Å². The smallest absolute Gasteiger partial charge is 0.177 e. The number of nitrogens with zero attached hydrogens (tertiary/aromatic N) is 7. The van der Waals surface area contributed by atoms with Crippen LogP contribution in [0.1, 0.15) is 48.3 Å². The number of sulfone groups is 1. The maximum Gasteiger partial charge on any atom is 0.177 e. The van der Waals surface area contributed by atoms with Gasteiger partial charge in [-0.15, -0.1) is 0 Å². The lowest BCUT2D eigenvalue weighted by molar-refractivity contribution is -0.0308. The molecule has 4 aromatic heterocycles. The van der Waals surface area contributed by atoms with Gasteiger partial charge in [0.05, 0.1) is 39.5 Å². The van der Waals surface area contributed by atoms with Gasteiger partial charge in [0.2, 0.25) is 0 Å². The Morgan fingerprint density at radius 3 is 2.44 bits per heavy atom. The van der Waals surface area contributed by atoms with Crippen LogP contribution >= 0.6 is 0 Å². The molecule has 0 saturated carbocycles. The first-order valence-corrected chi connectivity index (χ1v) is 16.1. The molecule has 1 aliphatic heterocycles. The van der Waals surface area contributed by atoms with Crippen LogP contribution in [0.2, 0.25) is 0 Å². The monoisotopic (exact) mass is 601 g/mol.